The average molecular weight is 272 g/mol. The molecule has 0 atom stereocenters. The molecule has 1 aromatic carbocycles. The Morgan fingerprint density at radius 1 is 1.20 bits per heavy atom. The van der Waals surface area contributed by atoms with Crippen LogP contribution in [0.4, 0.5) is 0 Å². The molecule has 0 bridgehead atoms. The summed E-state index contributed by atoms with van der Waals surface area (Å²) >= 11 is 0. The van der Waals surface area contributed by atoms with Crippen molar-refractivity contribution >= 4 is 16.8 Å². The monoisotopic (exact) mass is 272 g/mol. The molecule has 0 aliphatic carbocycles. The summed E-state index contributed by atoms with van der Waals surface area (Å²) < 4.78 is 2.04. The topological polar surface area (TPSA) is 34.9 Å². The van der Waals surface area contributed by atoms with Crippen LogP contribution in [0.1, 0.15) is 45.4 Å². The summed E-state index contributed by atoms with van der Waals surface area (Å²) in [4.78, 5) is 17.1. The van der Waals surface area contributed by atoms with Crippen LogP contribution in [0, 0.1) is 5.92 Å². The van der Waals surface area contributed by atoms with E-state index in [9.17, 15) is 4.79 Å². The van der Waals surface area contributed by atoms with Crippen molar-refractivity contribution in [1.82, 2.24) is 9.55 Å². The minimum absolute atomic E-state index is 0.199. The predicted molar refractivity (Wildman–Crippen MR) is 82.7 cm³/mol. The number of para-hydroxylation sites is 2. The van der Waals surface area contributed by atoms with Gasteiger partial charge in [0.1, 0.15) is 11.6 Å². The zero-order valence-electron chi connectivity index (χ0n) is 12.7. The van der Waals surface area contributed by atoms with Gasteiger partial charge in [0, 0.05) is 13.0 Å². The number of Topliss-reactive ketones (excluding diaryl/α,β-unsaturated/α-hetero) is 1. The molecule has 0 spiro atoms. The van der Waals surface area contributed by atoms with Gasteiger partial charge in [0.2, 0.25) is 0 Å². The fraction of sp³-hybridized carbons (Fsp3) is 0.529. The normalized spacial score (nSPS) is 11.4. The number of carbonyl (C=O) groups is 1. The molecule has 0 saturated carbocycles. The zero-order valence-corrected chi connectivity index (χ0v) is 12.7. The Labute approximate surface area is 121 Å². The van der Waals surface area contributed by atoms with Crippen LogP contribution in [-0.4, -0.2) is 15.3 Å². The summed E-state index contributed by atoms with van der Waals surface area (Å²) in [5.41, 5.74) is 2.07. The van der Waals surface area contributed by atoms with Crippen molar-refractivity contribution in [3.63, 3.8) is 0 Å². The Morgan fingerprint density at radius 2 is 1.85 bits per heavy atom. The Morgan fingerprint density at radius 3 is 2.45 bits per heavy atom. The van der Waals surface area contributed by atoms with E-state index in [0.717, 1.165) is 42.5 Å². The predicted octanol–water partition coefficient (Wildman–Crippen LogP) is 3.90. The van der Waals surface area contributed by atoms with Gasteiger partial charge in [-0.3, -0.25) is 4.79 Å². The highest BCUT2D eigenvalue weighted by atomic mass is 16.1. The Balaban J connectivity index is 2.18. The molecular weight excluding hydrogens is 248 g/mol. The van der Waals surface area contributed by atoms with Gasteiger partial charge in [-0.05, 0) is 25.0 Å². The Bertz CT molecular complexity index is 580. The van der Waals surface area contributed by atoms with E-state index >= 15 is 0 Å². The van der Waals surface area contributed by atoms with E-state index in [0.29, 0.717) is 12.2 Å². The number of benzene rings is 1. The van der Waals surface area contributed by atoms with Gasteiger partial charge in [0.15, 0.2) is 0 Å². The van der Waals surface area contributed by atoms with Gasteiger partial charge < -0.3 is 4.57 Å². The van der Waals surface area contributed by atoms with Gasteiger partial charge in [-0.1, -0.05) is 38.8 Å². The first-order valence-electron chi connectivity index (χ1n) is 7.60. The van der Waals surface area contributed by atoms with Crippen LogP contribution in [0.3, 0.4) is 0 Å². The summed E-state index contributed by atoms with van der Waals surface area (Å²) in [5, 5.41) is 0. The molecule has 0 radical (unpaired) electrons. The lowest BCUT2D eigenvalue weighted by atomic mass is 9.92. The van der Waals surface area contributed by atoms with E-state index in [1.165, 1.54) is 0 Å². The van der Waals surface area contributed by atoms with Crippen molar-refractivity contribution in [3.8, 4) is 0 Å². The third-order valence-corrected chi connectivity index (χ3v) is 3.94. The molecule has 0 aliphatic heterocycles. The molecule has 3 nitrogen and oxygen atoms in total. The van der Waals surface area contributed by atoms with E-state index in [4.69, 9.17) is 0 Å². The maximum Gasteiger partial charge on any atom is 0.143 e. The van der Waals surface area contributed by atoms with Crippen molar-refractivity contribution < 1.29 is 4.79 Å². The molecule has 2 rings (SSSR count). The lowest BCUT2D eigenvalue weighted by molar-refractivity contribution is -0.122. The maximum atomic E-state index is 12.5. The molecule has 0 unspecified atom stereocenters. The zero-order chi connectivity index (χ0) is 14.5. The molecule has 108 valence electrons. The first-order valence-corrected chi connectivity index (χ1v) is 7.60. The molecular formula is C17H24N2O. The highest BCUT2D eigenvalue weighted by molar-refractivity contribution is 5.84. The number of hydrogen-bond donors (Lipinski definition) is 0. The maximum absolute atomic E-state index is 12.5. The van der Waals surface area contributed by atoms with E-state index in [1.807, 2.05) is 35.9 Å². The first-order chi connectivity index (χ1) is 9.67. The fourth-order valence-corrected chi connectivity index (χ4v) is 2.82. The summed E-state index contributed by atoms with van der Waals surface area (Å²) in [6.07, 6.45) is 4.58. The number of hydrogen-bond acceptors (Lipinski definition) is 2. The van der Waals surface area contributed by atoms with Gasteiger partial charge in [-0.15, -0.1) is 0 Å². The number of ketones is 1. The van der Waals surface area contributed by atoms with Crippen molar-refractivity contribution in [1.29, 1.82) is 0 Å². The fourth-order valence-electron chi connectivity index (χ4n) is 2.82. The molecule has 1 heterocycles. The summed E-state index contributed by atoms with van der Waals surface area (Å²) in [6.45, 7) is 4.29. The van der Waals surface area contributed by atoms with E-state index in [2.05, 4.69) is 18.8 Å². The second kappa shape index (κ2) is 6.69. The van der Waals surface area contributed by atoms with Crippen LogP contribution in [0.25, 0.3) is 11.0 Å². The molecule has 2 aromatic rings. The second-order valence-electron chi connectivity index (χ2n) is 5.49. The van der Waals surface area contributed by atoms with Crippen LogP contribution in [-0.2, 0) is 18.3 Å². The van der Waals surface area contributed by atoms with Crippen LogP contribution in [0.5, 0.6) is 0 Å². The highest BCUT2D eigenvalue weighted by Crippen LogP contribution is 2.19. The summed E-state index contributed by atoms with van der Waals surface area (Å²) in [6, 6.07) is 8.04. The van der Waals surface area contributed by atoms with Crippen LogP contribution in [0.2, 0.25) is 0 Å². The van der Waals surface area contributed by atoms with E-state index in [1.54, 1.807) is 0 Å². The van der Waals surface area contributed by atoms with Crippen LogP contribution in [0.15, 0.2) is 24.3 Å². The van der Waals surface area contributed by atoms with Gasteiger partial charge >= 0.3 is 0 Å². The van der Waals surface area contributed by atoms with Gasteiger partial charge in [0.25, 0.3) is 0 Å². The van der Waals surface area contributed by atoms with Crippen molar-refractivity contribution in [2.75, 3.05) is 0 Å². The number of rotatable bonds is 7. The minimum Gasteiger partial charge on any atom is -0.331 e. The summed E-state index contributed by atoms with van der Waals surface area (Å²) in [5.74, 6) is 1.42. The SMILES string of the molecule is CCCC(CCC)C(=O)Cc1nc2ccccc2n1C. The van der Waals surface area contributed by atoms with Crippen molar-refractivity contribution in [2.45, 2.75) is 46.0 Å². The van der Waals surface area contributed by atoms with Crippen LogP contribution >= 0.6 is 0 Å². The second-order valence-corrected chi connectivity index (χ2v) is 5.49. The molecule has 0 fully saturated rings. The number of carbonyl (C=O) groups excluding carboxylic acids is 1. The standard InChI is InChI=1S/C17H24N2O/c1-4-8-13(9-5-2)16(20)12-17-18-14-10-6-7-11-15(14)19(17)3/h6-7,10-11,13H,4-5,8-9,12H2,1-3H3. The molecule has 0 aliphatic rings. The lowest BCUT2D eigenvalue weighted by Crippen LogP contribution is -2.18. The number of aromatic nitrogens is 2. The highest BCUT2D eigenvalue weighted by Gasteiger charge is 2.19. The Hall–Kier alpha value is -1.64. The number of fused-ring (bicyclic) bond motifs is 1. The number of nitrogens with zero attached hydrogens (tertiary/aromatic N) is 2. The molecule has 0 saturated heterocycles. The minimum atomic E-state index is 0.199. The number of imidazole rings is 1. The Kier molecular flexibility index (Phi) is 4.94. The third kappa shape index (κ3) is 3.09. The van der Waals surface area contributed by atoms with E-state index in [-0.39, 0.29) is 5.92 Å². The largest absolute Gasteiger partial charge is 0.331 e. The van der Waals surface area contributed by atoms with E-state index < -0.39 is 0 Å². The lowest BCUT2D eigenvalue weighted by Gasteiger charge is -2.13. The third-order valence-electron chi connectivity index (χ3n) is 3.94. The van der Waals surface area contributed by atoms with Crippen molar-refractivity contribution in [2.24, 2.45) is 13.0 Å². The molecule has 20 heavy (non-hydrogen) atoms. The summed E-state index contributed by atoms with van der Waals surface area (Å²) in [7, 11) is 1.99. The molecule has 3 heteroatoms. The quantitative estimate of drug-likeness (QED) is 0.766. The molecule has 0 amide bonds. The average Bonchev–Trinajstić information content (AvgIpc) is 2.76. The van der Waals surface area contributed by atoms with Gasteiger partial charge in [-0.25, -0.2) is 4.98 Å². The number of aryl methyl sites for hydroxylation is 1. The van der Waals surface area contributed by atoms with Gasteiger partial charge in [0.05, 0.1) is 17.5 Å². The van der Waals surface area contributed by atoms with Crippen molar-refractivity contribution in [3.05, 3.63) is 30.1 Å². The molecule has 1 aromatic heterocycles. The van der Waals surface area contributed by atoms with Gasteiger partial charge in [-0.2, -0.15) is 0 Å². The molecule has 0 N–H and O–H groups in total. The smallest absolute Gasteiger partial charge is 0.143 e. The van der Waals surface area contributed by atoms with Crippen LogP contribution < -0.4 is 0 Å². The first kappa shape index (κ1) is 14.8.